The van der Waals surface area contributed by atoms with Crippen LogP contribution in [0.15, 0.2) is 4.99 Å². The highest BCUT2D eigenvalue weighted by molar-refractivity contribution is 5.81. The highest BCUT2D eigenvalue weighted by atomic mass is 15.0. The lowest BCUT2D eigenvalue weighted by atomic mass is 10.4. The molecule has 0 rings (SSSR count). The minimum absolute atomic E-state index is 1.01. The highest BCUT2D eigenvalue weighted by Gasteiger charge is 1.88. The van der Waals surface area contributed by atoms with Crippen molar-refractivity contribution < 1.29 is 0 Å². The zero-order valence-corrected chi connectivity index (χ0v) is 6.57. The molecule has 0 aliphatic rings. The van der Waals surface area contributed by atoms with E-state index < -0.39 is 0 Å². The van der Waals surface area contributed by atoms with Crippen LogP contribution >= 0.6 is 0 Å². The van der Waals surface area contributed by atoms with E-state index in [0.717, 1.165) is 18.8 Å². The molecule has 0 unspecified atom stereocenters. The normalized spacial score (nSPS) is 11.7. The van der Waals surface area contributed by atoms with Crippen LogP contribution < -0.4 is 5.32 Å². The number of rotatable bonds is 3. The summed E-state index contributed by atoms with van der Waals surface area (Å²) in [5, 5.41) is 3.22. The lowest BCUT2D eigenvalue weighted by molar-refractivity contribution is 0.824. The van der Waals surface area contributed by atoms with Crippen molar-refractivity contribution >= 4 is 5.84 Å². The van der Waals surface area contributed by atoms with Crippen LogP contribution in [-0.4, -0.2) is 19.4 Å². The van der Waals surface area contributed by atoms with Crippen molar-refractivity contribution in [2.75, 3.05) is 13.6 Å². The van der Waals surface area contributed by atoms with Gasteiger partial charge in [-0.1, -0.05) is 13.8 Å². The molecule has 0 aromatic carbocycles. The van der Waals surface area contributed by atoms with Gasteiger partial charge in [0.05, 0.1) is 5.84 Å². The molecule has 0 aliphatic carbocycles. The van der Waals surface area contributed by atoms with Crippen molar-refractivity contribution in [3.8, 4) is 0 Å². The van der Waals surface area contributed by atoms with Crippen LogP contribution in [0.5, 0.6) is 0 Å². The second-order valence-corrected chi connectivity index (χ2v) is 1.95. The van der Waals surface area contributed by atoms with Gasteiger partial charge < -0.3 is 5.32 Å². The predicted molar refractivity (Wildman–Crippen MR) is 41.9 cm³/mol. The fourth-order valence-corrected chi connectivity index (χ4v) is 0.631. The maximum absolute atomic E-state index is 4.05. The maximum atomic E-state index is 4.05. The van der Waals surface area contributed by atoms with E-state index >= 15 is 0 Å². The van der Waals surface area contributed by atoms with E-state index in [4.69, 9.17) is 0 Å². The van der Waals surface area contributed by atoms with E-state index in [2.05, 4.69) is 24.2 Å². The molecule has 0 radical (unpaired) electrons. The van der Waals surface area contributed by atoms with Crippen LogP contribution in [0.25, 0.3) is 0 Å². The second kappa shape index (κ2) is 5.60. The molecule has 0 amide bonds. The Labute approximate surface area is 57.4 Å². The lowest BCUT2D eigenvalue weighted by Crippen LogP contribution is -2.22. The van der Waals surface area contributed by atoms with Gasteiger partial charge in [0.1, 0.15) is 0 Å². The van der Waals surface area contributed by atoms with Crippen molar-refractivity contribution in [2.45, 2.75) is 26.7 Å². The molecule has 2 heteroatoms. The Morgan fingerprint density at radius 2 is 2.11 bits per heavy atom. The van der Waals surface area contributed by atoms with E-state index in [1.54, 1.807) is 0 Å². The SMILES string of the molecule is CCCNC(CC)=NC. The first-order valence-corrected chi connectivity index (χ1v) is 3.54. The molecule has 0 spiro atoms. The molecule has 54 valence electrons. The number of hydrogen-bond donors (Lipinski definition) is 1. The van der Waals surface area contributed by atoms with Gasteiger partial charge in [0.25, 0.3) is 0 Å². The predicted octanol–water partition coefficient (Wildman–Crippen LogP) is 1.42. The monoisotopic (exact) mass is 128 g/mol. The van der Waals surface area contributed by atoms with E-state index in [1.807, 2.05) is 7.05 Å². The topological polar surface area (TPSA) is 24.4 Å². The molecule has 1 N–H and O–H groups in total. The van der Waals surface area contributed by atoms with Crippen LogP contribution in [0.1, 0.15) is 26.7 Å². The Morgan fingerprint density at radius 1 is 1.44 bits per heavy atom. The standard InChI is InChI=1S/C7H16N2/c1-4-6-9-7(5-2)8-3/h4-6H2,1-3H3,(H,8,9). The maximum Gasteiger partial charge on any atom is 0.0956 e. The van der Waals surface area contributed by atoms with Gasteiger partial charge in [0.2, 0.25) is 0 Å². The van der Waals surface area contributed by atoms with Crippen LogP contribution in [0, 0.1) is 0 Å². The van der Waals surface area contributed by atoms with Crippen LogP contribution in [-0.2, 0) is 0 Å². The number of nitrogens with one attached hydrogen (secondary N) is 1. The third-order valence-electron chi connectivity index (χ3n) is 1.18. The number of aliphatic imine (C=N–C) groups is 1. The quantitative estimate of drug-likeness (QED) is 0.451. The molecule has 0 aromatic rings. The van der Waals surface area contributed by atoms with Crippen LogP contribution in [0.2, 0.25) is 0 Å². The summed E-state index contributed by atoms with van der Waals surface area (Å²) in [7, 11) is 1.82. The molecule has 0 aromatic heterocycles. The van der Waals surface area contributed by atoms with Crippen molar-refractivity contribution in [1.29, 1.82) is 0 Å². The third kappa shape index (κ3) is 4.01. The van der Waals surface area contributed by atoms with Gasteiger partial charge in [-0.3, -0.25) is 4.99 Å². The molecular formula is C7H16N2. The molecular weight excluding hydrogens is 112 g/mol. The average molecular weight is 128 g/mol. The summed E-state index contributed by atoms with van der Waals surface area (Å²) in [5.74, 6) is 1.11. The lowest BCUT2D eigenvalue weighted by Gasteiger charge is -2.03. The zero-order valence-electron chi connectivity index (χ0n) is 6.57. The highest BCUT2D eigenvalue weighted by Crippen LogP contribution is 1.80. The second-order valence-electron chi connectivity index (χ2n) is 1.95. The minimum Gasteiger partial charge on any atom is -0.374 e. The first-order chi connectivity index (χ1) is 4.35. The summed E-state index contributed by atoms with van der Waals surface area (Å²) >= 11 is 0. The van der Waals surface area contributed by atoms with Gasteiger partial charge in [0.15, 0.2) is 0 Å². The average Bonchev–Trinajstić information content (AvgIpc) is 1.91. The van der Waals surface area contributed by atoms with Crippen LogP contribution in [0.3, 0.4) is 0 Å². The first kappa shape index (κ1) is 8.47. The molecule has 0 atom stereocenters. The smallest absolute Gasteiger partial charge is 0.0956 e. The number of hydrogen-bond acceptors (Lipinski definition) is 1. The van der Waals surface area contributed by atoms with E-state index in [0.29, 0.717) is 0 Å². The Kier molecular flexibility index (Phi) is 5.27. The Bertz CT molecular complexity index is 86.9. The van der Waals surface area contributed by atoms with Crippen LogP contribution in [0.4, 0.5) is 0 Å². The molecule has 0 saturated carbocycles. The minimum atomic E-state index is 1.01. The Balaban J connectivity index is 3.33. The Hall–Kier alpha value is -0.530. The molecule has 0 fully saturated rings. The van der Waals surface area contributed by atoms with Crippen molar-refractivity contribution in [1.82, 2.24) is 5.32 Å². The van der Waals surface area contributed by atoms with Crippen molar-refractivity contribution in [2.24, 2.45) is 4.99 Å². The molecule has 0 aliphatic heterocycles. The summed E-state index contributed by atoms with van der Waals surface area (Å²) < 4.78 is 0. The Morgan fingerprint density at radius 3 is 2.44 bits per heavy atom. The largest absolute Gasteiger partial charge is 0.374 e. The molecule has 0 saturated heterocycles. The van der Waals surface area contributed by atoms with Gasteiger partial charge in [0, 0.05) is 20.0 Å². The van der Waals surface area contributed by atoms with Crippen molar-refractivity contribution in [3.05, 3.63) is 0 Å². The molecule has 0 heterocycles. The number of nitrogens with zero attached hydrogens (tertiary/aromatic N) is 1. The molecule has 0 bridgehead atoms. The fraction of sp³-hybridized carbons (Fsp3) is 0.857. The fourth-order valence-electron chi connectivity index (χ4n) is 0.631. The van der Waals surface area contributed by atoms with Gasteiger partial charge in [-0.15, -0.1) is 0 Å². The van der Waals surface area contributed by atoms with E-state index in [1.165, 1.54) is 6.42 Å². The summed E-state index contributed by atoms with van der Waals surface area (Å²) in [6.45, 7) is 5.29. The molecule has 2 nitrogen and oxygen atoms in total. The zero-order chi connectivity index (χ0) is 7.11. The third-order valence-corrected chi connectivity index (χ3v) is 1.18. The van der Waals surface area contributed by atoms with Gasteiger partial charge in [-0.2, -0.15) is 0 Å². The van der Waals surface area contributed by atoms with E-state index in [9.17, 15) is 0 Å². The summed E-state index contributed by atoms with van der Waals surface area (Å²) in [6.07, 6.45) is 2.18. The van der Waals surface area contributed by atoms with E-state index in [-0.39, 0.29) is 0 Å². The van der Waals surface area contributed by atoms with Crippen molar-refractivity contribution in [3.63, 3.8) is 0 Å². The van der Waals surface area contributed by atoms with Gasteiger partial charge in [-0.05, 0) is 6.42 Å². The summed E-state index contributed by atoms with van der Waals surface area (Å²) in [4.78, 5) is 4.05. The summed E-state index contributed by atoms with van der Waals surface area (Å²) in [5.41, 5.74) is 0. The molecule has 9 heavy (non-hydrogen) atoms. The van der Waals surface area contributed by atoms with Gasteiger partial charge >= 0.3 is 0 Å². The number of amidine groups is 1. The summed E-state index contributed by atoms with van der Waals surface area (Å²) in [6, 6.07) is 0. The van der Waals surface area contributed by atoms with Gasteiger partial charge in [-0.25, -0.2) is 0 Å². The first-order valence-electron chi connectivity index (χ1n) is 3.54.